The topological polar surface area (TPSA) is 0 Å². The van der Waals surface area contributed by atoms with Crippen LogP contribution in [-0.4, -0.2) is 17.4 Å². The molecule has 0 amide bonds. The van der Waals surface area contributed by atoms with E-state index in [-0.39, 0.29) is 65.7 Å². The maximum absolute atomic E-state index is 0. The standard InChI is InChI=1S/CH4.Al.Nb.V.3H/h1H4;;;;;;. The van der Waals surface area contributed by atoms with Crippen molar-refractivity contribution in [2.75, 3.05) is 0 Å². The Balaban J connectivity index is 0. The van der Waals surface area contributed by atoms with Crippen LogP contribution >= 0.6 is 0 Å². The molecular weight excluding hydrogens is 183 g/mol. The first-order valence-corrected chi connectivity index (χ1v) is 0. The van der Waals surface area contributed by atoms with E-state index in [1.165, 1.54) is 0 Å². The summed E-state index contributed by atoms with van der Waals surface area (Å²) in [6.07, 6.45) is 0. The zero-order valence-corrected chi connectivity index (χ0v) is 4.49. The second-order valence-corrected chi connectivity index (χ2v) is 0. The molecule has 0 rings (SSSR count). The zero-order chi connectivity index (χ0) is 0. The van der Waals surface area contributed by atoms with Crippen LogP contribution in [0, 0.1) is 0 Å². The predicted molar refractivity (Wildman–Crippen MR) is 16.7 cm³/mol. The van der Waals surface area contributed by atoms with Crippen molar-refractivity contribution in [1.29, 1.82) is 0 Å². The van der Waals surface area contributed by atoms with Crippen LogP contribution < -0.4 is 0 Å². The Bertz CT molecular complexity index is 8.00. The van der Waals surface area contributed by atoms with Gasteiger partial charge >= 0.3 is 0 Å². The van der Waals surface area contributed by atoms with Crippen LogP contribution in [0.1, 0.15) is 7.43 Å². The van der Waals surface area contributed by atoms with Crippen LogP contribution in [0.3, 0.4) is 0 Å². The van der Waals surface area contributed by atoms with Crippen LogP contribution in [-0.2, 0) is 40.9 Å². The van der Waals surface area contributed by atoms with Crippen molar-refractivity contribution >= 4 is 17.4 Å². The summed E-state index contributed by atoms with van der Waals surface area (Å²) in [6, 6.07) is 0. The van der Waals surface area contributed by atoms with Crippen LogP contribution in [0.15, 0.2) is 0 Å². The number of rotatable bonds is 0. The first-order chi connectivity index (χ1) is 0. The summed E-state index contributed by atoms with van der Waals surface area (Å²) in [5, 5.41) is 0. The van der Waals surface area contributed by atoms with Gasteiger partial charge in [-0.05, 0) is 0 Å². The van der Waals surface area contributed by atoms with Crippen molar-refractivity contribution in [3.63, 3.8) is 0 Å². The van der Waals surface area contributed by atoms with Crippen molar-refractivity contribution in [3.05, 3.63) is 0 Å². The smallest absolute Gasteiger partial charge is 0.0776 e. The molecule has 0 unspecified atom stereocenters. The maximum Gasteiger partial charge on any atom is 0.187 e. The summed E-state index contributed by atoms with van der Waals surface area (Å²) in [4.78, 5) is 0. The van der Waals surface area contributed by atoms with E-state index in [0.717, 1.165) is 0 Å². The SMILES string of the molecule is C.[AlH3].[Nb].[V]. The van der Waals surface area contributed by atoms with Gasteiger partial charge in [-0.2, -0.15) is 0 Å². The van der Waals surface area contributed by atoms with Gasteiger partial charge in [-0.1, -0.05) is 7.43 Å². The van der Waals surface area contributed by atoms with Gasteiger partial charge < -0.3 is 0 Å². The molecule has 0 fully saturated rings. The summed E-state index contributed by atoms with van der Waals surface area (Å²) in [5.41, 5.74) is 0. The quantitative estimate of drug-likeness (QED) is 0.449. The molecule has 0 aromatic carbocycles. The minimum Gasteiger partial charge on any atom is -0.0776 e. The van der Waals surface area contributed by atoms with Crippen molar-refractivity contribution < 1.29 is 40.9 Å². The molecule has 4 heavy (non-hydrogen) atoms. The largest absolute Gasteiger partial charge is 0.187 e. The fourth-order valence-corrected chi connectivity index (χ4v) is 0. The number of hydrogen-bond acceptors (Lipinski definition) is 0. The van der Waals surface area contributed by atoms with E-state index in [1.54, 1.807) is 0 Å². The Morgan fingerprint density at radius 3 is 1.00 bits per heavy atom. The molecule has 3 heteroatoms. The van der Waals surface area contributed by atoms with E-state index in [9.17, 15) is 0 Å². The van der Waals surface area contributed by atoms with Gasteiger partial charge in [0.1, 0.15) is 0 Å². The molecule has 0 saturated carbocycles. The van der Waals surface area contributed by atoms with Crippen molar-refractivity contribution in [3.8, 4) is 0 Å². The molecule has 0 spiro atoms. The van der Waals surface area contributed by atoms with Gasteiger partial charge in [0.25, 0.3) is 0 Å². The Labute approximate surface area is 65.3 Å². The minimum atomic E-state index is 0. The summed E-state index contributed by atoms with van der Waals surface area (Å²) in [6.45, 7) is 0. The third kappa shape index (κ3) is 9.13. The van der Waals surface area contributed by atoms with Crippen LogP contribution in [0.2, 0.25) is 0 Å². The average molecular weight is 190 g/mol. The minimum absolute atomic E-state index is 0. The third-order valence-corrected chi connectivity index (χ3v) is 0. The first-order valence-electron chi connectivity index (χ1n) is 0. The van der Waals surface area contributed by atoms with Gasteiger partial charge in [-0.3, -0.25) is 0 Å². The Morgan fingerprint density at radius 2 is 1.00 bits per heavy atom. The molecular formula is CH7AlNbV. The van der Waals surface area contributed by atoms with E-state index in [4.69, 9.17) is 0 Å². The Kier molecular flexibility index (Phi) is 210. The van der Waals surface area contributed by atoms with Crippen molar-refractivity contribution in [1.82, 2.24) is 0 Å². The molecule has 0 saturated heterocycles. The molecule has 0 aliphatic carbocycles. The van der Waals surface area contributed by atoms with Gasteiger partial charge in [0.15, 0.2) is 17.4 Å². The molecule has 2 radical (unpaired) electrons. The summed E-state index contributed by atoms with van der Waals surface area (Å²) in [7, 11) is 0. The van der Waals surface area contributed by atoms with E-state index in [1.807, 2.05) is 0 Å². The van der Waals surface area contributed by atoms with Crippen LogP contribution in [0.25, 0.3) is 0 Å². The molecule has 0 nitrogen and oxygen atoms in total. The molecule has 0 N–H and O–H groups in total. The average Bonchev–Trinajstić information content (AvgIpc) is 0. The summed E-state index contributed by atoms with van der Waals surface area (Å²) < 4.78 is 0. The third-order valence-electron chi connectivity index (χ3n) is 0. The van der Waals surface area contributed by atoms with Gasteiger partial charge in [-0.15, -0.1) is 0 Å². The molecule has 0 aliphatic rings. The van der Waals surface area contributed by atoms with Crippen LogP contribution in [0.4, 0.5) is 0 Å². The molecule has 0 atom stereocenters. The van der Waals surface area contributed by atoms with E-state index < -0.39 is 0 Å². The van der Waals surface area contributed by atoms with Gasteiger partial charge in [-0.25, -0.2) is 0 Å². The zero-order valence-electron chi connectivity index (χ0n) is 0.894. The normalized spacial score (nSPS) is 0. The van der Waals surface area contributed by atoms with E-state index in [0.29, 0.717) is 0 Å². The fourth-order valence-electron chi connectivity index (χ4n) is 0. The summed E-state index contributed by atoms with van der Waals surface area (Å²) >= 11 is 0. The van der Waals surface area contributed by atoms with Crippen molar-refractivity contribution in [2.45, 2.75) is 7.43 Å². The predicted octanol–water partition coefficient (Wildman–Crippen LogP) is -0.553. The van der Waals surface area contributed by atoms with Gasteiger partial charge in [0.05, 0.1) is 0 Å². The monoisotopic (exact) mass is 190 g/mol. The Hall–Kier alpha value is 1.86. The molecule has 0 heterocycles. The van der Waals surface area contributed by atoms with E-state index >= 15 is 0 Å². The van der Waals surface area contributed by atoms with Crippen LogP contribution in [0.5, 0.6) is 0 Å². The second kappa shape index (κ2) is 21.0. The molecule has 0 aromatic rings. The first kappa shape index (κ1) is 40.1. The van der Waals surface area contributed by atoms with Gasteiger partial charge in [0.2, 0.25) is 0 Å². The number of hydrogen-bond donors (Lipinski definition) is 0. The maximum atomic E-state index is 0. The molecule has 0 aromatic heterocycles. The fraction of sp³-hybridized carbons (Fsp3) is 1.00. The second-order valence-electron chi connectivity index (χ2n) is 0. The van der Waals surface area contributed by atoms with Gasteiger partial charge in [0, 0.05) is 40.9 Å². The van der Waals surface area contributed by atoms with E-state index in [2.05, 4.69) is 0 Å². The Morgan fingerprint density at radius 1 is 1.00 bits per heavy atom. The van der Waals surface area contributed by atoms with Crippen molar-refractivity contribution in [2.24, 2.45) is 0 Å². The molecule has 24 valence electrons. The molecule has 0 bridgehead atoms. The summed E-state index contributed by atoms with van der Waals surface area (Å²) in [5.74, 6) is 0. The molecule has 0 aliphatic heterocycles.